The molecule has 31 heavy (non-hydrogen) atoms. The van der Waals surface area contributed by atoms with Gasteiger partial charge in [-0.15, -0.1) is 0 Å². The van der Waals surface area contributed by atoms with Crippen LogP contribution in [-0.2, 0) is 0 Å². The van der Waals surface area contributed by atoms with E-state index in [1.54, 1.807) is 60.7 Å². The number of esters is 1. The molecular formula is C23H19BrN2O5. The van der Waals surface area contributed by atoms with Crippen LogP contribution in [0.5, 0.6) is 17.2 Å². The molecule has 0 aliphatic heterocycles. The van der Waals surface area contributed by atoms with E-state index in [-0.39, 0.29) is 5.75 Å². The summed E-state index contributed by atoms with van der Waals surface area (Å²) in [7, 11) is 2.96. The van der Waals surface area contributed by atoms with E-state index in [4.69, 9.17) is 14.2 Å². The lowest BCUT2D eigenvalue weighted by atomic mass is 10.2. The molecule has 0 aliphatic carbocycles. The van der Waals surface area contributed by atoms with Crippen LogP contribution < -0.4 is 19.6 Å². The molecule has 0 atom stereocenters. The fourth-order valence-corrected chi connectivity index (χ4v) is 3.08. The van der Waals surface area contributed by atoms with Crippen LogP contribution in [0.4, 0.5) is 0 Å². The topological polar surface area (TPSA) is 86.2 Å². The van der Waals surface area contributed by atoms with Gasteiger partial charge in [-0.2, -0.15) is 5.10 Å². The Morgan fingerprint density at radius 2 is 1.68 bits per heavy atom. The average molecular weight is 483 g/mol. The van der Waals surface area contributed by atoms with Gasteiger partial charge in [0, 0.05) is 4.47 Å². The van der Waals surface area contributed by atoms with Crippen molar-refractivity contribution in [3.63, 3.8) is 0 Å². The molecule has 1 N–H and O–H groups in total. The second-order valence-corrected chi connectivity index (χ2v) is 7.13. The second kappa shape index (κ2) is 10.4. The number of carbonyl (C=O) groups excluding carboxylic acids is 2. The Labute approximate surface area is 187 Å². The lowest BCUT2D eigenvalue weighted by molar-refractivity contribution is 0.0729. The molecule has 0 aromatic heterocycles. The lowest BCUT2D eigenvalue weighted by Crippen LogP contribution is -2.18. The molecule has 158 valence electrons. The van der Waals surface area contributed by atoms with Crippen LogP contribution in [0.15, 0.2) is 76.3 Å². The molecule has 0 spiro atoms. The number of hydrogen-bond donors (Lipinski definition) is 1. The van der Waals surface area contributed by atoms with Crippen LogP contribution in [-0.4, -0.2) is 32.3 Å². The monoisotopic (exact) mass is 482 g/mol. The molecule has 0 heterocycles. The van der Waals surface area contributed by atoms with Crippen molar-refractivity contribution in [1.29, 1.82) is 0 Å². The van der Waals surface area contributed by atoms with Crippen LogP contribution in [0.3, 0.4) is 0 Å². The maximum Gasteiger partial charge on any atom is 0.343 e. The van der Waals surface area contributed by atoms with Crippen LogP contribution >= 0.6 is 15.9 Å². The maximum atomic E-state index is 12.4. The van der Waals surface area contributed by atoms with E-state index in [1.807, 2.05) is 6.07 Å². The first-order valence-electron chi connectivity index (χ1n) is 9.14. The molecule has 0 fully saturated rings. The van der Waals surface area contributed by atoms with Gasteiger partial charge in [-0.05, 0) is 54.1 Å². The summed E-state index contributed by atoms with van der Waals surface area (Å²) in [5, 5.41) is 3.97. The third kappa shape index (κ3) is 5.70. The minimum absolute atomic E-state index is 0.266. The number of nitrogens with one attached hydrogen (secondary N) is 1. The number of ether oxygens (including phenoxy) is 3. The maximum absolute atomic E-state index is 12.4. The predicted octanol–water partition coefficient (Wildman–Crippen LogP) is 4.45. The Balaban J connectivity index is 1.69. The normalized spacial score (nSPS) is 10.5. The summed E-state index contributed by atoms with van der Waals surface area (Å²) in [5.41, 5.74) is 3.87. The highest BCUT2D eigenvalue weighted by atomic mass is 79.9. The Morgan fingerprint density at radius 1 is 0.903 bits per heavy atom. The lowest BCUT2D eigenvalue weighted by Gasteiger charge is -2.10. The number of carbonyl (C=O) groups is 2. The Hall–Kier alpha value is -3.65. The van der Waals surface area contributed by atoms with Crippen molar-refractivity contribution < 1.29 is 23.8 Å². The molecule has 0 unspecified atom stereocenters. The third-order valence-corrected chi connectivity index (χ3v) is 4.68. The van der Waals surface area contributed by atoms with E-state index >= 15 is 0 Å². The molecule has 3 rings (SSSR count). The number of nitrogens with zero attached hydrogens (tertiary/aromatic N) is 1. The number of benzene rings is 3. The fourth-order valence-electron chi connectivity index (χ4n) is 2.68. The number of halogens is 1. The minimum atomic E-state index is -0.509. The molecule has 0 saturated carbocycles. The summed E-state index contributed by atoms with van der Waals surface area (Å²) in [6, 6.07) is 18.7. The van der Waals surface area contributed by atoms with Gasteiger partial charge in [-0.3, -0.25) is 4.79 Å². The summed E-state index contributed by atoms with van der Waals surface area (Å²) in [6.45, 7) is 0. The number of rotatable bonds is 7. The van der Waals surface area contributed by atoms with Crippen LogP contribution in [0.1, 0.15) is 26.3 Å². The predicted molar refractivity (Wildman–Crippen MR) is 120 cm³/mol. The zero-order valence-corrected chi connectivity index (χ0v) is 18.4. The standard InChI is InChI=1S/C23H19BrN2O5/c1-29-19-9-4-3-8-18(19)22(27)26-25-14-15-10-11-20(21(12-15)30-2)31-23(28)16-6-5-7-17(24)13-16/h3-14H,1-2H3,(H,26,27)/b25-14+. The van der Waals surface area contributed by atoms with Gasteiger partial charge in [0.05, 0.1) is 31.6 Å². The highest BCUT2D eigenvalue weighted by Crippen LogP contribution is 2.28. The number of hydrazone groups is 1. The molecule has 0 saturated heterocycles. The molecule has 3 aromatic carbocycles. The zero-order valence-electron chi connectivity index (χ0n) is 16.8. The Bertz CT molecular complexity index is 1130. The SMILES string of the molecule is COc1cc(/C=N/NC(=O)c2ccccc2OC)ccc1OC(=O)c1cccc(Br)c1. The molecule has 0 aliphatic rings. The van der Waals surface area contributed by atoms with Crippen LogP contribution in [0, 0.1) is 0 Å². The van der Waals surface area contributed by atoms with Crippen molar-refractivity contribution >= 4 is 34.0 Å². The van der Waals surface area contributed by atoms with Crippen molar-refractivity contribution in [2.24, 2.45) is 5.10 Å². The van der Waals surface area contributed by atoms with E-state index in [2.05, 4.69) is 26.5 Å². The summed E-state index contributed by atoms with van der Waals surface area (Å²) >= 11 is 3.33. The number of methoxy groups -OCH3 is 2. The van der Waals surface area contributed by atoms with Gasteiger partial charge in [-0.1, -0.05) is 34.1 Å². The molecule has 0 bridgehead atoms. The van der Waals surface area contributed by atoms with Crippen molar-refractivity contribution in [1.82, 2.24) is 5.43 Å². The summed E-state index contributed by atoms with van der Waals surface area (Å²) < 4.78 is 16.7. The van der Waals surface area contributed by atoms with Gasteiger partial charge >= 0.3 is 5.97 Å². The van der Waals surface area contributed by atoms with Crippen LogP contribution in [0.25, 0.3) is 0 Å². The fraction of sp³-hybridized carbons (Fsp3) is 0.0870. The quantitative estimate of drug-likeness (QED) is 0.232. The molecular weight excluding hydrogens is 464 g/mol. The van der Waals surface area contributed by atoms with E-state index in [0.717, 1.165) is 4.47 Å². The number of para-hydroxylation sites is 1. The summed E-state index contributed by atoms with van der Waals surface area (Å²) in [6.07, 6.45) is 1.45. The van der Waals surface area contributed by atoms with Crippen molar-refractivity contribution in [2.75, 3.05) is 14.2 Å². The van der Waals surface area contributed by atoms with Crippen molar-refractivity contribution in [3.8, 4) is 17.2 Å². The number of hydrogen-bond acceptors (Lipinski definition) is 6. The molecule has 8 heteroatoms. The number of amides is 1. The zero-order chi connectivity index (χ0) is 22.2. The highest BCUT2D eigenvalue weighted by molar-refractivity contribution is 9.10. The molecule has 0 radical (unpaired) electrons. The van der Waals surface area contributed by atoms with Gasteiger partial charge < -0.3 is 14.2 Å². The Kier molecular flexibility index (Phi) is 7.40. The van der Waals surface area contributed by atoms with Gasteiger partial charge in [0.25, 0.3) is 5.91 Å². The van der Waals surface area contributed by atoms with Gasteiger partial charge in [0.1, 0.15) is 5.75 Å². The summed E-state index contributed by atoms with van der Waals surface area (Å²) in [5.74, 6) is 0.157. The average Bonchev–Trinajstić information content (AvgIpc) is 2.79. The van der Waals surface area contributed by atoms with Crippen molar-refractivity contribution in [2.45, 2.75) is 0 Å². The molecule has 3 aromatic rings. The first kappa shape index (κ1) is 22.0. The van der Waals surface area contributed by atoms with Crippen molar-refractivity contribution in [3.05, 3.63) is 87.9 Å². The van der Waals surface area contributed by atoms with E-state index < -0.39 is 11.9 Å². The largest absolute Gasteiger partial charge is 0.496 e. The Morgan fingerprint density at radius 3 is 2.42 bits per heavy atom. The minimum Gasteiger partial charge on any atom is -0.496 e. The van der Waals surface area contributed by atoms with Crippen LogP contribution in [0.2, 0.25) is 0 Å². The second-order valence-electron chi connectivity index (χ2n) is 6.21. The van der Waals surface area contributed by atoms with E-state index in [0.29, 0.717) is 28.2 Å². The first-order chi connectivity index (χ1) is 15.0. The first-order valence-corrected chi connectivity index (χ1v) is 9.93. The van der Waals surface area contributed by atoms with Gasteiger partial charge in [0.15, 0.2) is 11.5 Å². The summed E-state index contributed by atoms with van der Waals surface area (Å²) in [4.78, 5) is 24.7. The highest BCUT2D eigenvalue weighted by Gasteiger charge is 2.13. The van der Waals surface area contributed by atoms with E-state index in [1.165, 1.54) is 20.4 Å². The molecule has 7 nitrogen and oxygen atoms in total. The van der Waals surface area contributed by atoms with Gasteiger partial charge in [-0.25, -0.2) is 10.2 Å². The van der Waals surface area contributed by atoms with E-state index in [9.17, 15) is 9.59 Å². The smallest absolute Gasteiger partial charge is 0.343 e. The molecule has 1 amide bonds. The van der Waals surface area contributed by atoms with Gasteiger partial charge in [0.2, 0.25) is 0 Å². The third-order valence-electron chi connectivity index (χ3n) is 4.18.